The van der Waals surface area contributed by atoms with Crippen molar-refractivity contribution in [1.82, 2.24) is 21.3 Å². The van der Waals surface area contributed by atoms with E-state index in [-0.39, 0.29) is 87.1 Å². The fourth-order valence-electron chi connectivity index (χ4n) is 7.38. The third kappa shape index (κ3) is 49.4. The summed E-state index contributed by atoms with van der Waals surface area (Å²) in [6, 6.07) is -2.24. The molecule has 0 aliphatic rings. The summed E-state index contributed by atoms with van der Waals surface area (Å²) in [6.07, 6.45) is 19.8. The SMILES string of the molecule is CCOCCOCCCC(=O)CC[C@H](NC(=O)CCCCCCCCCCCCCCCCC(=O)O)C(=O)O.CC[C@@H](CCCCNC(=O)CCC(NC(=O)COCCOCCNC(C)=O)C(=O)O)C(=O)CO. The van der Waals surface area contributed by atoms with Crippen LogP contribution in [0, 0.1) is 5.92 Å². The normalized spacial score (nSPS) is 12.1. The summed E-state index contributed by atoms with van der Waals surface area (Å²) in [5, 5.41) is 46.3. The van der Waals surface area contributed by atoms with Crippen LogP contribution in [0.4, 0.5) is 0 Å². The highest BCUT2D eigenvalue weighted by Gasteiger charge is 2.22. The first kappa shape index (κ1) is 70.5. The van der Waals surface area contributed by atoms with E-state index in [0.29, 0.717) is 84.6 Å². The summed E-state index contributed by atoms with van der Waals surface area (Å²) in [5.41, 5.74) is 0. The minimum absolute atomic E-state index is 0.0196. The van der Waals surface area contributed by atoms with Crippen molar-refractivity contribution in [1.29, 1.82) is 0 Å². The second kappa shape index (κ2) is 50.9. The molecule has 0 rings (SSSR count). The molecule has 0 bridgehead atoms. The van der Waals surface area contributed by atoms with Crippen molar-refractivity contribution in [2.24, 2.45) is 5.92 Å². The average Bonchev–Trinajstić information content (AvgIpc) is 3.35. The van der Waals surface area contributed by atoms with Crippen LogP contribution in [0.15, 0.2) is 0 Å². The molecule has 0 aromatic carbocycles. The van der Waals surface area contributed by atoms with Crippen LogP contribution < -0.4 is 21.3 Å². The van der Waals surface area contributed by atoms with Crippen LogP contribution >= 0.6 is 0 Å². The minimum Gasteiger partial charge on any atom is -0.481 e. The molecule has 0 saturated carbocycles. The Morgan fingerprint density at radius 3 is 1.48 bits per heavy atom. The number of unbranched alkanes of at least 4 members (excludes halogenated alkanes) is 14. The Balaban J connectivity index is 0. The number of aliphatic carboxylic acids is 3. The van der Waals surface area contributed by atoms with Crippen LogP contribution in [-0.2, 0) is 62.1 Å². The first-order valence-corrected chi connectivity index (χ1v) is 26.8. The van der Waals surface area contributed by atoms with Crippen molar-refractivity contribution in [2.75, 3.05) is 72.6 Å². The highest BCUT2D eigenvalue weighted by Crippen LogP contribution is 2.15. The van der Waals surface area contributed by atoms with E-state index in [9.17, 15) is 53.4 Å². The second-order valence-electron chi connectivity index (χ2n) is 18.0. The van der Waals surface area contributed by atoms with E-state index in [2.05, 4.69) is 21.3 Å². The molecule has 1 unspecified atom stereocenters. The van der Waals surface area contributed by atoms with Gasteiger partial charge < -0.3 is 60.6 Å². The van der Waals surface area contributed by atoms with Crippen LogP contribution in [0.5, 0.6) is 0 Å². The highest BCUT2D eigenvalue weighted by atomic mass is 16.5. The number of aliphatic hydroxyl groups excluding tert-OH is 1. The van der Waals surface area contributed by atoms with Gasteiger partial charge in [-0.25, -0.2) is 9.59 Å². The van der Waals surface area contributed by atoms with Gasteiger partial charge in [-0.15, -0.1) is 0 Å². The van der Waals surface area contributed by atoms with Gasteiger partial charge in [-0.1, -0.05) is 90.4 Å². The molecule has 0 aliphatic carbocycles. The molecule has 21 nitrogen and oxygen atoms in total. The summed E-state index contributed by atoms with van der Waals surface area (Å²) in [7, 11) is 0. The molecule has 21 heteroatoms. The van der Waals surface area contributed by atoms with Gasteiger partial charge in [0.2, 0.25) is 23.6 Å². The Bertz CT molecular complexity index is 1500. The van der Waals surface area contributed by atoms with E-state index in [0.717, 1.165) is 51.4 Å². The monoisotopic (exact) mass is 1050 g/mol. The fourth-order valence-corrected chi connectivity index (χ4v) is 7.38. The number of nitrogens with one attached hydrogen (secondary N) is 4. The first-order valence-electron chi connectivity index (χ1n) is 26.8. The van der Waals surface area contributed by atoms with Crippen LogP contribution in [-0.4, -0.2) is 158 Å². The van der Waals surface area contributed by atoms with Crippen LogP contribution in [0.25, 0.3) is 0 Å². The zero-order chi connectivity index (χ0) is 54.7. The summed E-state index contributed by atoms with van der Waals surface area (Å²) < 4.78 is 20.9. The van der Waals surface area contributed by atoms with Gasteiger partial charge in [0, 0.05) is 71.2 Å². The van der Waals surface area contributed by atoms with E-state index in [1.807, 2.05) is 13.8 Å². The lowest BCUT2D eigenvalue weighted by Crippen LogP contribution is -2.43. The first-order chi connectivity index (χ1) is 35.1. The van der Waals surface area contributed by atoms with Crippen LogP contribution in [0.2, 0.25) is 0 Å². The lowest BCUT2D eigenvalue weighted by atomic mass is 9.95. The number of amides is 4. The molecule has 0 aromatic rings. The van der Waals surface area contributed by atoms with Crippen molar-refractivity contribution in [3.63, 3.8) is 0 Å². The van der Waals surface area contributed by atoms with Crippen LogP contribution in [0.3, 0.4) is 0 Å². The van der Waals surface area contributed by atoms with Crippen molar-refractivity contribution < 1.29 is 82.5 Å². The number of ketones is 2. The Morgan fingerprint density at radius 1 is 0.452 bits per heavy atom. The number of carboxylic acid groups (broad SMARTS) is 3. The van der Waals surface area contributed by atoms with E-state index in [4.69, 9.17) is 29.2 Å². The lowest BCUT2D eigenvalue weighted by Gasteiger charge is -2.15. The van der Waals surface area contributed by atoms with E-state index in [1.54, 1.807) is 0 Å². The highest BCUT2D eigenvalue weighted by molar-refractivity contribution is 5.86. The average molecular weight is 1050 g/mol. The number of rotatable bonds is 51. The molecule has 0 radical (unpaired) electrons. The van der Waals surface area contributed by atoms with E-state index in [1.165, 1.54) is 51.9 Å². The molecule has 0 saturated heterocycles. The molecule has 3 atom stereocenters. The molecule has 0 spiro atoms. The maximum atomic E-state index is 12.2. The molecular weight excluding hydrogens is 953 g/mol. The predicted octanol–water partition coefficient (Wildman–Crippen LogP) is 5.44. The number of carbonyl (C=O) groups excluding carboxylic acids is 6. The largest absolute Gasteiger partial charge is 0.481 e. The third-order valence-corrected chi connectivity index (χ3v) is 11.6. The smallest absolute Gasteiger partial charge is 0.326 e. The number of ether oxygens (including phenoxy) is 4. The summed E-state index contributed by atoms with van der Waals surface area (Å²) in [4.78, 5) is 104. The minimum atomic E-state index is -1.25. The molecule has 0 fully saturated rings. The number of hydrogen-bond donors (Lipinski definition) is 8. The van der Waals surface area contributed by atoms with Gasteiger partial charge in [-0.2, -0.15) is 0 Å². The molecule has 4 amide bonds. The van der Waals surface area contributed by atoms with Gasteiger partial charge in [0.05, 0.1) is 33.0 Å². The number of Topliss-reactive ketones (excluding diaryl/α,β-unsaturated/α-hetero) is 2. The van der Waals surface area contributed by atoms with Crippen molar-refractivity contribution in [3.8, 4) is 0 Å². The summed E-state index contributed by atoms with van der Waals surface area (Å²) in [6.45, 7) is 7.95. The molecule has 73 heavy (non-hydrogen) atoms. The Kier molecular flexibility index (Phi) is 49.2. The zero-order valence-electron chi connectivity index (χ0n) is 44.5. The molecular formula is C52H94N4O17. The fraction of sp³-hybridized carbons (Fsp3) is 0.827. The van der Waals surface area contributed by atoms with Gasteiger partial charge in [0.1, 0.15) is 31.1 Å². The number of carbonyl (C=O) groups is 9. The Labute approximate surface area is 434 Å². The lowest BCUT2D eigenvalue weighted by molar-refractivity contribution is -0.143. The quantitative estimate of drug-likeness (QED) is 0.0352. The van der Waals surface area contributed by atoms with Crippen molar-refractivity contribution in [2.45, 2.75) is 200 Å². The predicted molar refractivity (Wildman–Crippen MR) is 274 cm³/mol. The van der Waals surface area contributed by atoms with Crippen molar-refractivity contribution >= 4 is 53.1 Å². The van der Waals surface area contributed by atoms with Gasteiger partial charge in [-0.3, -0.25) is 33.6 Å². The summed E-state index contributed by atoms with van der Waals surface area (Å²) >= 11 is 0. The molecule has 0 aromatic heterocycles. The number of aliphatic hydroxyl groups is 1. The zero-order valence-corrected chi connectivity index (χ0v) is 44.5. The van der Waals surface area contributed by atoms with Gasteiger partial charge in [0.15, 0.2) is 5.78 Å². The van der Waals surface area contributed by atoms with Crippen molar-refractivity contribution in [3.05, 3.63) is 0 Å². The maximum Gasteiger partial charge on any atom is 0.326 e. The Hall–Kier alpha value is -4.57. The molecule has 424 valence electrons. The van der Waals surface area contributed by atoms with Gasteiger partial charge >= 0.3 is 17.9 Å². The second-order valence-corrected chi connectivity index (χ2v) is 18.0. The standard InChI is InChI=1S/C30H55NO8.C22H39N3O9/c1-2-38-24-25-39-23-17-18-26(32)21-22-27(30(36)37)31-28(33)19-15-13-11-9-7-5-3-4-6-8-10-12-14-16-20-29(34)35;1-3-17(19(28)14-26)6-4-5-9-24-20(29)8-7-18(22(31)32)25-21(30)15-34-13-12-33-11-10-23-16(2)27/h27H,2-25H2,1H3,(H,31,33)(H,34,35)(H,36,37);17-18,26H,3-15H2,1-2H3,(H,23,27)(H,24,29)(H,25,30)(H,31,32)/t27-;17-,18?/m00/s1. The maximum absolute atomic E-state index is 12.2. The van der Waals surface area contributed by atoms with Gasteiger partial charge in [-0.05, 0) is 58.3 Å². The third-order valence-electron chi connectivity index (χ3n) is 11.6. The van der Waals surface area contributed by atoms with Gasteiger partial charge in [0.25, 0.3) is 0 Å². The Morgan fingerprint density at radius 2 is 0.959 bits per heavy atom. The molecule has 8 N–H and O–H groups in total. The van der Waals surface area contributed by atoms with Crippen LogP contribution in [0.1, 0.15) is 188 Å². The molecule has 0 heterocycles. The number of carboxylic acids is 3. The number of hydrogen-bond acceptors (Lipinski definition) is 14. The summed E-state index contributed by atoms with van der Waals surface area (Å²) in [5.74, 6) is -4.79. The molecule has 0 aliphatic heterocycles. The van der Waals surface area contributed by atoms with E-state index >= 15 is 0 Å². The topological polar surface area (TPSA) is 320 Å². The van der Waals surface area contributed by atoms with E-state index < -0.39 is 42.5 Å².